The molecule has 2 N–H and O–H groups in total. The summed E-state index contributed by atoms with van der Waals surface area (Å²) in [5.41, 5.74) is 6.94. The normalized spacial score (nSPS) is 20.2. The van der Waals surface area contributed by atoms with Gasteiger partial charge in [-0.15, -0.1) is 0 Å². The van der Waals surface area contributed by atoms with Crippen LogP contribution in [0, 0.1) is 0 Å². The zero-order valence-corrected chi connectivity index (χ0v) is 11.3. The Bertz CT molecular complexity index is 367. The van der Waals surface area contributed by atoms with Gasteiger partial charge in [0.25, 0.3) is 0 Å². The van der Waals surface area contributed by atoms with E-state index in [2.05, 4.69) is 23.1 Å². The van der Waals surface area contributed by atoms with Crippen molar-refractivity contribution in [3.8, 4) is 5.75 Å². The maximum absolute atomic E-state index is 5.53. The van der Waals surface area contributed by atoms with Crippen molar-refractivity contribution < 1.29 is 4.74 Å². The number of nitrogens with zero attached hydrogens (tertiary/aromatic N) is 1. The van der Waals surface area contributed by atoms with Gasteiger partial charge in [0.2, 0.25) is 0 Å². The first-order valence-corrected chi connectivity index (χ1v) is 6.90. The number of unbranched alkanes of at least 4 members (excludes halogenated alkanes) is 1. The fourth-order valence-corrected chi connectivity index (χ4v) is 2.68. The minimum absolute atomic E-state index is 0.665. The van der Waals surface area contributed by atoms with Crippen LogP contribution in [0.3, 0.4) is 0 Å². The molecule has 3 heteroatoms. The van der Waals surface area contributed by atoms with E-state index in [0.717, 1.165) is 18.7 Å². The molecule has 1 aromatic carbocycles. The van der Waals surface area contributed by atoms with Crippen LogP contribution in [0.2, 0.25) is 0 Å². The molecule has 1 aliphatic rings. The van der Waals surface area contributed by atoms with Crippen LogP contribution in [0.5, 0.6) is 5.75 Å². The van der Waals surface area contributed by atoms with E-state index >= 15 is 0 Å². The maximum atomic E-state index is 5.53. The summed E-state index contributed by atoms with van der Waals surface area (Å²) in [6.45, 7) is 4.40. The van der Waals surface area contributed by atoms with Crippen LogP contribution in [-0.4, -0.2) is 38.2 Å². The van der Waals surface area contributed by atoms with Crippen LogP contribution in [0.15, 0.2) is 24.3 Å². The zero-order valence-electron chi connectivity index (χ0n) is 11.3. The van der Waals surface area contributed by atoms with E-state index in [1.54, 1.807) is 7.11 Å². The minimum atomic E-state index is 0.665. The Kier molecular flexibility index (Phi) is 5.02. The second kappa shape index (κ2) is 6.76. The molecule has 3 nitrogen and oxygen atoms in total. The lowest BCUT2D eigenvalue weighted by atomic mass is 9.98. The van der Waals surface area contributed by atoms with E-state index in [4.69, 9.17) is 10.5 Å². The lowest BCUT2D eigenvalue weighted by molar-refractivity contribution is 0.326. The molecule has 0 spiro atoms. The van der Waals surface area contributed by atoms with Crippen molar-refractivity contribution in [3.05, 3.63) is 29.8 Å². The van der Waals surface area contributed by atoms with Crippen molar-refractivity contribution in [2.45, 2.75) is 25.2 Å². The van der Waals surface area contributed by atoms with Crippen molar-refractivity contribution in [2.24, 2.45) is 5.73 Å². The molecule has 18 heavy (non-hydrogen) atoms. The Morgan fingerprint density at radius 2 is 2.28 bits per heavy atom. The largest absolute Gasteiger partial charge is 0.497 e. The highest BCUT2D eigenvalue weighted by molar-refractivity contribution is 5.31. The van der Waals surface area contributed by atoms with Crippen molar-refractivity contribution in [1.29, 1.82) is 0 Å². The molecule has 1 aliphatic heterocycles. The number of benzene rings is 1. The molecule has 1 unspecified atom stereocenters. The van der Waals surface area contributed by atoms with Gasteiger partial charge in [0.05, 0.1) is 7.11 Å². The standard InChI is InChI=1S/C15H24N2O/c1-18-15-6-4-5-13(11-15)14-7-10-17(12-14)9-3-2-8-16/h4-6,11,14H,2-3,7-10,12,16H2,1H3. The Balaban J connectivity index is 1.87. The van der Waals surface area contributed by atoms with Gasteiger partial charge in [0.15, 0.2) is 0 Å². The Morgan fingerprint density at radius 1 is 1.39 bits per heavy atom. The number of rotatable bonds is 6. The van der Waals surface area contributed by atoms with Crippen LogP contribution in [0.4, 0.5) is 0 Å². The third kappa shape index (κ3) is 3.47. The number of hydrogen-bond donors (Lipinski definition) is 1. The molecular weight excluding hydrogens is 224 g/mol. The summed E-state index contributed by atoms with van der Waals surface area (Å²) in [7, 11) is 1.73. The minimum Gasteiger partial charge on any atom is -0.497 e. The highest BCUT2D eigenvalue weighted by atomic mass is 16.5. The molecule has 2 rings (SSSR count). The Morgan fingerprint density at radius 3 is 3.06 bits per heavy atom. The van der Waals surface area contributed by atoms with Gasteiger partial charge in [0.1, 0.15) is 5.75 Å². The van der Waals surface area contributed by atoms with Gasteiger partial charge >= 0.3 is 0 Å². The molecule has 100 valence electrons. The summed E-state index contributed by atoms with van der Waals surface area (Å²) < 4.78 is 5.29. The van der Waals surface area contributed by atoms with E-state index in [-0.39, 0.29) is 0 Å². The zero-order chi connectivity index (χ0) is 12.8. The lowest BCUT2D eigenvalue weighted by Gasteiger charge is -2.16. The van der Waals surface area contributed by atoms with Crippen molar-refractivity contribution in [3.63, 3.8) is 0 Å². The summed E-state index contributed by atoms with van der Waals surface area (Å²) in [5.74, 6) is 1.63. The molecule has 0 aromatic heterocycles. The van der Waals surface area contributed by atoms with E-state index in [1.807, 2.05) is 6.07 Å². The summed E-state index contributed by atoms with van der Waals surface area (Å²) in [6.07, 6.45) is 3.62. The molecule has 0 radical (unpaired) electrons. The van der Waals surface area contributed by atoms with Gasteiger partial charge in [-0.2, -0.15) is 0 Å². The summed E-state index contributed by atoms with van der Waals surface area (Å²) in [6, 6.07) is 8.49. The van der Waals surface area contributed by atoms with E-state index in [1.165, 1.54) is 38.0 Å². The second-order valence-corrected chi connectivity index (χ2v) is 5.06. The van der Waals surface area contributed by atoms with Crippen LogP contribution >= 0.6 is 0 Å². The maximum Gasteiger partial charge on any atom is 0.119 e. The number of likely N-dealkylation sites (tertiary alicyclic amines) is 1. The van der Waals surface area contributed by atoms with Gasteiger partial charge in [-0.3, -0.25) is 0 Å². The van der Waals surface area contributed by atoms with Gasteiger partial charge in [-0.25, -0.2) is 0 Å². The van der Waals surface area contributed by atoms with Crippen molar-refractivity contribution >= 4 is 0 Å². The Hall–Kier alpha value is -1.06. The van der Waals surface area contributed by atoms with Crippen LogP contribution in [0.25, 0.3) is 0 Å². The number of ether oxygens (including phenoxy) is 1. The van der Waals surface area contributed by atoms with Gasteiger partial charge < -0.3 is 15.4 Å². The second-order valence-electron chi connectivity index (χ2n) is 5.06. The van der Waals surface area contributed by atoms with Crippen LogP contribution in [-0.2, 0) is 0 Å². The molecule has 0 amide bonds. The highest BCUT2D eigenvalue weighted by Crippen LogP contribution is 2.29. The first-order valence-electron chi connectivity index (χ1n) is 6.90. The summed E-state index contributed by atoms with van der Waals surface area (Å²) >= 11 is 0. The monoisotopic (exact) mass is 248 g/mol. The van der Waals surface area contributed by atoms with Crippen LogP contribution in [0.1, 0.15) is 30.7 Å². The summed E-state index contributed by atoms with van der Waals surface area (Å²) in [4.78, 5) is 2.56. The summed E-state index contributed by atoms with van der Waals surface area (Å²) in [5, 5.41) is 0. The average molecular weight is 248 g/mol. The topological polar surface area (TPSA) is 38.5 Å². The average Bonchev–Trinajstić information content (AvgIpc) is 2.88. The first kappa shape index (κ1) is 13.4. The predicted molar refractivity (Wildman–Crippen MR) is 75.1 cm³/mol. The molecule has 0 aliphatic carbocycles. The number of nitrogens with two attached hydrogens (primary N) is 1. The number of methoxy groups -OCH3 is 1. The third-order valence-corrected chi connectivity index (χ3v) is 3.77. The SMILES string of the molecule is COc1cccc(C2CCN(CCCCN)C2)c1. The third-order valence-electron chi connectivity index (χ3n) is 3.77. The van der Waals surface area contributed by atoms with E-state index in [9.17, 15) is 0 Å². The Labute approximate surface area is 110 Å². The van der Waals surface area contributed by atoms with Gasteiger partial charge in [0, 0.05) is 6.54 Å². The lowest BCUT2D eigenvalue weighted by Crippen LogP contribution is -2.22. The highest BCUT2D eigenvalue weighted by Gasteiger charge is 2.23. The number of hydrogen-bond acceptors (Lipinski definition) is 3. The molecule has 1 saturated heterocycles. The van der Waals surface area contributed by atoms with Gasteiger partial charge in [-0.05, 0) is 62.5 Å². The van der Waals surface area contributed by atoms with E-state index in [0.29, 0.717) is 5.92 Å². The first-order chi connectivity index (χ1) is 8.83. The predicted octanol–water partition coefficient (Wildman–Crippen LogP) is 2.22. The molecule has 0 saturated carbocycles. The molecule has 1 atom stereocenters. The van der Waals surface area contributed by atoms with Crippen molar-refractivity contribution in [1.82, 2.24) is 4.90 Å². The fraction of sp³-hybridized carbons (Fsp3) is 0.600. The molecular formula is C15H24N2O. The quantitative estimate of drug-likeness (QED) is 0.785. The fourth-order valence-electron chi connectivity index (χ4n) is 2.68. The smallest absolute Gasteiger partial charge is 0.119 e. The molecule has 1 aromatic rings. The van der Waals surface area contributed by atoms with Gasteiger partial charge in [-0.1, -0.05) is 12.1 Å². The van der Waals surface area contributed by atoms with E-state index < -0.39 is 0 Å². The van der Waals surface area contributed by atoms with Crippen molar-refractivity contribution in [2.75, 3.05) is 33.3 Å². The molecule has 0 bridgehead atoms. The molecule has 1 heterocycles. The molecule has 1 fully saturated rings. The van der Waals surface area contributed by atoms with Crippen LogP contribution < -0.4 is 10.5 Å².